The van der Waals surface area contributed by atoms with Crippen LogP contribution in [0, 0.1) is 5.92 Å². The van der Waals surface area contributed by atoms with Crippen molar-refractivity contribution in [3.05, 3.63) is 0 Å². The van der Waals surface area contributed by atoms with Gasteiger partial charge in [0.05, 0.1) is 6.04 Å². The number of hydrogen-bond donors (Lipinski definition) is 2. The van der Waals surface area contributed by atoms with E-state index in [4.69, 9.17) is 9.84 Å². The van der Waals surface area contributed by atoms with Gasteiger partial charge in [0.1, 0.15) is 0 Å². The fourth-order valence-corrected chi connectivity index (χ4v) is 2.75. The zero-order valence-corrected chi connectivity index (χ0v) is 13.1. The van der Waals surface area contributed by atoms with E-state index in [1.165, 1.54) is 0 Å². The number of amides is 1. The Labute approximate surface area is 126 Å². The molecule has 1 fully saturated rings. The molecule has 1 rings (SSSR count). The van der Waals surface area contributed by atoms with Crippen molar-refractivity contribution in [2.45, 2.75) is 45.1 Å². The predicted octanol–water partition coefficient (Wildman–Crippen LogP) is 1.10. The number of carbonyl (C=O) groups excluding carboxylic acids is 1. The maximum atomic E-state index is 12.1. The van der Waals surface area contributed by atoms with Gasteiger partial charge in [-0.05, 0) is 45.1 Å². The Hall–Kier alpha value is -1.14. The molecule has 0 spiro atoms. The van der Waals surface area contributed by atoms with E-state index in [-0.39, 0.29) is 18.4 Å². The SMILES string of the molecule is COCCCNC(=O)C(C)N1CCCC(CCC(=O)O)C1. The minimum Gasteiger partial charge on any atom is -0.481 e. The number of likely N-dealkylation sites (tertiary alicyclic amines) is 1. The molecule has 1 heterocycles. The number of ether oxygens (including phenoxy) is 1. The maximum absolute atomic E-state index is 12.1. The second-order valence-corrected chi connectivity index (χ2v) is 5.75. The van der Waals surface area contributed by atoms with Gasteiger partial charge in [0.2, 0.25) is 5.91 Å². The number of carboxylic acid groups (broad SMARTS) is 1. The van der Waals surface area contributed by atoms with Crippen LogP contribution in [0.5, 0.6) is 0 Å². The molecule has 1 saturated heterocycles. The summed E-state index contributed by atoms with van der Waals surface area (Å²) in [5.74, 6) is -0.306. The lowest BCUT2D eigenvalue weighted by Crippen LogP contribution is -2.49. The number of hydrogen-bond acceptors (Lipinski definition) is 4. The molecule has 1 aliphatic rings. The van der Waals surface area contributed by atoms with Crippen LogP contribution in [-0.2, 0) is 14.3 Å². The number of rotatable bonds is 9. The summed E-state index contributed by atoms with van der Waals surface area (Å²) < 4.78 is 4.95. The van der Waals surface area contributed by atoms with Gasteiger partial charge in [-0.2, -0.15) is 0 Å². The Bertz CT molecular complexity index is 336. The van der Waals surface area contributed by atoms with Crippen LogP contribution in [-0.4, -0.2) is 61.3 Å². The smallest absolute Gasteiger partial charge is 0.303 e. The van der Waals surface area contributed by atoms with Gasteiger partial charge in [0.25, 0.3) is 0 Å². The highest BCUT2D eigenvalue weighted by atomic mass is 16.5. The summed E-state index contributed by atoms with van der Waals surface area (Å²) in [6.07, 6.45) is 3.83. The normalized spacial score (nSPS) is 21.0. The Morgan fingerprint density at radius 2 is 2.24 bits per heavy atom. The largest absolute Gasteiger partial charge is 0.481 e. The average Bonchev–Trinajstić information content (AvgIpc) is 2.49. The number of nitrogens with zero attached hydrogens (tertiary/aromatic N) is 1. The molecular weight excluding hydrogens is 272 g/mol. The van der Waals surface area contributed by atoms with Crippen molar-refractivity contribution in [3.63, 3.8) is 0 Å². The first-order chi connectivity index (χ1) is 10.0. The van der Waals surface area contributed by atoms with Crippen molar-refractivity contribution in [2.24, 2.45) is 5.92 Å². The highest BCUT2D eigenvalue weighted by molar-refractivity contribution is 5.81. The molecule has 6 heteroatoms. The first-order valence-corrected chi connectivity index (χ1v) is 7.77. The van der Waals surface area contributed by atoms with Crippen molar-refractivity contribution in [1.82, 2.24) is 10.2 Å². The van der Waals surface area contributed by atoms with Crippen molar-refractivity contribution < 1.29 is 19.4 Å². The molecule has 122 valence electrons. The second-order valence-electron chi connectivity index (χ2n) is 5.75. The van der Waals surface area contributed by atoms with Crippen LogP contribution < -0.4 is 5.32 Å². The molecule has 0 bridgehead atoms. The Morgan fingerprint density at radius 3 is 2.90 bits per heavy atom. The number of piperidine rings is 1. The van der Waals surface area contributed by atoms with E-state index in [2.05, 4.69) is 10.2 Å². The molecule has 0 aromatic rings. The molecule has 2 atom stereocenters. The average molecular weight is 300 g/mol. The fourth-order valence-electron chi connectivity index (χ4n) is 2.75. The number of methoxy groups -OCH3 is 1. The number of carboxylic acids is 1. The minimum atomic E-state index is -0.740. The summed E-state index contributed by atoms with van der Waals surface area (Å²) in [6.45, 7) is 4.93. The maximum Gasteiger partial charge on any atom is 0.303 e. The highest BCUT2D eigenvalue weighted by Crippen LogP contribution is 2.22. The third kappa shape index (κ3) is 6.91. The monoisotopic (exact) mass is 300 g/mol. The lowest BCUT2D eigenvalue weighted by atomic mass is 9.92. The van der Waals surface area contributed by atoms with Gasteiger partial charge in [-0.15, -0.1) is 0 Å². The molecule has 2 unspecified atom stereocenters. The van der Waals surface area contributed by atoms with Crippen LogP contribution >= 0.6 is 0 Å². The summed E-state index contributed by atoms with van der Waals surface area (Å²) in [5.41, 5.74) is 0. The minimum absolute atomic E-state index is 0.0463. The van der Waals surface area contributed by atoms with E-state index >= 15 is 0 Å². The number of aliphatic carboxylic acids is 1. The Balaban J connectivity index is 2.33. The molecule has 1 amide bonds. The molecular formula is C15H28N2O4. The van der Waals surface area contributed by atoms with Gasteiger partial charge in [0, 0.05) is 33.2 Å². The quantitative estimate of drug-likeness (QED) is 0.624. The van der Waals surface area contributed by atoms with E-state index in [0.717, 1.165) is 32.4 Å². The Kier molecular flexibility index (Phi) is 8.30. The van der Waals surface area contributed by atoms with Gasteiger partial charge < -0.3 is 15.2 Å². The van der Waals surface area contributed by atoms with Crippen LogP contribution in [0.3, 0.4) is 0 Å². The van der Waals surface area contributed by atoms with Crippen molar-refractivity contribution >= 4 is 11.9 Å². The van der Waals surface area contributed by atoms with E-state index in [9.17, 15) is 9.59 Å². The van der Waals surface area contributed by atoms with E-state index in [1.807, 2.05) is 6.92 Å². The molecule has 2 N–H and O–H groups in total. The van der Waals surface area contributed by atoms with Crippen LogP contribution in [0.15, 0.2) is 0 Å². The highest BCUT2D eigenvalue weighted by Gasteiger charge is 2.27. The second kappa shape index (κ2) is 9.73. The van der Waals surface area contributed by atoms with Crippen LogP contribution in [0.4, 0.5) is 0 Å². The van der Waals surface area contributed by atoms with Crippen LogP contribution in [0.2, 0.25) is 0 Å². The van der Waals surface area contributed by atoms with E-state index in [0.29, 0.717) is 25.5 Å². The molecule has 0 aromatic heterocycles. The lowest BCUT2D eigenvalue weighted by molar-refractivity contribution is -0.137. The zero-order valence-electron chi connectivity index (χ0n) is 13.1. The fraction of sp³-hybridized carbons (Fsp3) is 0.867. The van der Waals surface area contributed by atoms with Crippen molar-refractivity contribution in [2.75, 3.05) is 33.4 Å². The molecule has 1 aliphatic heterocycles. The lowest BCUT2D eigenvalue weighted by Gasteiger charge is -2.36. The molecule has 6 nitrogen and oxygen atoms in total. The van der Waals surface area contributed by atoms with Gasteiger partial charge in [0.15, 0.2) is 0 Å². The summed E-state index contributed by atoms with van der Waals surface area (Å²) >= 11 is 0. The molecule has 0 aromatic carbocycles. The first kappa shape index (κ1) is 17.9. The van der Waals surface area contributed by atoms with Crippen LogP contribution in [0.1, 0.15) is 39.0 Å². The standard InChI is InChI=1S/C15H28N2O4/c1-12(15(20)16-8-4-10-21-2)17-9-3-5-13(11-17)6-7-14(18)19/h12-13H,3-11H2,1-2H3,(H,16,20)(H,18,19). The van der Waals surface area contributed by atoms with Gasteiger partial charge in [-0.25, -0.2) is 0 Å². The van der Waals surface area contributed by atoms with E-state index in [1.54, 1.807) is 7.11 Å². The summed E-state index contributed by atoms with van der Waals surface area (Å²) in [6, 6.07) is -0.153. The predicted molar refractivity (Wildman–Crippen MR) is 80.1 cm³/mol. The summed E-state index contributed by atoms with van der Waals surface area (Å²) in [4.78, 5) is 24.9. The Morgan fingerprint density at radius 1 is 1.48 bits per heavy atom. The van der Waals surface area contributed by atoms with Gasteiger partial charge >= 0.3 is 5.97 Å². The van der Waals surface area contributed by atoms with Crippen molar-refractivity contribution in [3.8, 4) is 0 Å². The van der Waals surface area contributed by atoms with Gasteiger partial charge in [-0.1, -0.05) is 0 Å². The summed E-state index contributed by atoms with van der Waals surface area (Å²) in [7, 11) is 1.65. The molecule has 21 heavy (non-hydrogen) atoms. The molecule has 0 saturated carbocycles. The number of carbonyl (C=O) groups is 2. The first-order valence-electron chi connectivity index (χ1n) is 7.77. The third-order valence-corrected chi connectivity index (χ3v) is 4.07. The van der Waals surface area contributed by atoms with E-state index < -0.39 is 5.97 Å². The van der Waals surface area contributed by atoms with Crippen LogP contribution in [0.25, 0.3) is 0 Å². The molecule has 0 radical (unpaired) electrons. The number of nitrogens with one attached hydrogen (secondary N) is 1. The zero-order chi connectivity index (χ0) is 15.7. The molecule has 0 aliphatic carbocycles. The third-order valence-electron chi connectivity index (χ3n) is 4.07. The van der Waals surface area contributed by atoms with Crippen molar-refractivity contribution in [1.29, 1.82) is 0 Å². The topological polar surface area (TPSA) is 78.9 Å². The van der Waals surface area contributed by atoms with Gasteiger partial charge in [-0.3, -0.25) is 14.5 Å². The summed E-state index contributed by atoms with van der Waals surface area (Å²) in [5, 5.41) is 11.7.